The highest BCUT2D eigenvalue weighted by molar-refractivity contribution is 9.10. The van der Waals surface area contributed by atoms with Crippen LogP contribution in [0.3, 0.4) is 0 Å². The maximum absolute atomic E-state index is 4.08. The number of aryl methyl sites for hydroxylation is 1. The van der Waals surface area contributed by atoms with Gasteiger partial charge in [0.15, 0.2) is 0 Å². The van der Waals surface area contributed by atoms with Crippen molar-refractivity contribution in [2.45, 2.75) is 6.54 Å². The molecule has 0 aliphatic heterocycles. The van der Waals surface area contributed by atoms with Crippen LogP contribution in [-0.4, -0.2) is 22.6 Å². The number of imidazole rings is 1. The summed E-state index contributed by atoms with van der Waals surface area (Å²) in [5.74, 6) is 0. The molecule has 1 heterocycles. The van der Waals surface area contributed by atoms with Crippen molar-refractivity contribution in [2.24, 2.45) is 7.05 Å². The highest BCUT2D eigenvalue weighted by Crippen LogP contribution is 2.14. The Labute approximate surface area is 116 Å². The second-order valence-corrected chi connectivity index (χ2v) is 5.03. The SMILES string of the molecule is Cn1cncc1CNCCNc1cccc(Br)c1. The molecule has 2 N–H and O–H groups in total. The number of aromatic nitrogens is 2. The first-order chi connectivity index (χ1) is 8.75. The summed E-state index contributed by atoms with van der Waals surface area (Å²) < 4.78 is 3.12. The van der Waals surface area contributed by atoms with Crippen molar-refractivity contribution in [3.05, 3.63) is 47.0 Å². The number of halogens is 1. The fraction of sp³-hybridized carbons (Fsp3) is 0.308. The molecule has 4 nitrogen and oxygen atoms in total. The van der Waals surface area contributed by atoms with Crippen LogP contribution in [0.5, 0.6) is 0 Å². The van der Waals surface area contributed by atoms with Crippen molar-refractivity contribution < 1.29 is 0 Å². The summed E-state index contributed by atoms with van der Waals surface area (Å²) in [6, 6.07) is 8.17. The summed E-state index contributed by atoms with van der Waals surface area (Å²) in [5, 5.41) is 6.74. The first-order valence-corrected chi connectivity index (χ1v) is 6.70. The van der Waals surface area contributed by atoms with Crippen LogP contribution in [0.2, 0.25) is 0 Å². The van der Waals surface area contributed by atoms with E-state index >= 15 is 0 Å². The van der Waals surface area contributed by atoms with Crippen molar-refractivity contribution in [1.29, 1.82) is 0 Å². The molecule has 0 bridgehead atoms. The van der Waals surface area contributed by atoms with E-state index in [4.69, 9.17) is 0 Å². The Balaban J connectivity index is 1.66. The number of nitrogens with zero attached hydrogens (tertiary/aromatic N) is 2. The van der Waals surface area contributed by atoms with Crippen molar-refractivity contribution in [1.82, 2.24) is 14.9 Å². The number of anilines is 1. The second kappa shape index (κ2) is 6.56. The molecule has 0 saturated carbocycles. The lowest BCUT2D eigenvalue weighted by molar-refractivity contribution is 0.667. The number of hydrogen-bond acceptors (Lipinski definition) is 3. The van der Waals surface area contributed by atoms with Gasteiger partial charge >= 0.3 is 0 Å². The van der Waals surface area contributed by atoms with E-state index in [9.17, 15) is 0 Å². The summed E-state index contributed by atoms with van der Waals surface area (Å²) in [7, 11) is 2.00. The van der Waals surface area contributed by atoms with Crippen LogP contribution >= 0.6 is 15.9 Å². The third-order valence-electron chi connectivity index (χ3n) is 2.68. The van der Waals surface area contributed by atoms with E-state index in [0.29, 0.717) is 0 Å². The highest BCUT2D eigenvalue weighted by atomic mass is 79.9. The second-order valence-electron chi connectivity index (χ2n) is 4.11. The van der Waals surface area contributed by atoms with Crippen molar-refractivity contribution in [3.63, 3.8) is 0 Å². The zero-order valence-electron chi connectivity index (χ0n) is 10.4. The molecule has 96 valence electrons. The van der Waals surface area contributed by atoms with Gasteiger partial charge in [-0.15, -0.1) is 0 Å². The Hall–Kier alpha value is -1.33. The van der Waals surface area contributed by atoms with Crippen molar-refractivity contribution in [2.75, 3.05) is 18.4 Å². The minimum atomic E-state index is 0.844. The van der Waals surface area contributed by atoms with Crippen LogP contribution in [-0.2, 0) is 13.6 Å². The third kappa shape index (κ3) is 3.85. The topological polar surface area (TPSA) is 41.9 Å². The van der Waals surface area contributed by atoms with Crippen LogP contribution in [0.15, 0.2) is 41.3 Å². The largest absolute Gasteiger partial charge is 0.384 e. The lowest BCUT2D eigenvalue weighted by atomic mass is 10.3. The Morgan fingerprint density at radius 3 is 2.94 bits per heavy atom. The van der Waals surface area contributed by atoms with E-state index in [1.165, 1.54) is 5.69 Å². The van der Waals surface area contributed by atoms with E-state index in [0.717, 1.165) is 29.8 Å². The third-order valence-corrected chi connectivity index (χ3v) is 3.17. The van der Waals surface area contributed by atoms with Gasteiger partial charge in [-0.25, -0.2) is 4.98 Å². The smallest absolute Gasteiger partial charge is 0.0945 e. The average Bonchev–Trinajstić information content (AvgIpc) is 2.75. The number of hydrogen-bond donors (Lipinski definition) is 2. The van der Waals surface area contributed by atoms with Crippen LogP contribution < -0.4 is 10.6 Å². The molecular weight excluding hydrogens is 292 g/mol. The maximum Gasteiger partial charge on any atom is 0.0945 e. The molecule has 1 aromatic carbocycles. The number of benzene rings is 1. The molecule has 0 aliphatic carbocycles. The predicted octanol–water partition coefficient (Wildman–Crippen LogP) is 2.38. The van der Waals surface area contributed by atoms with E-state index in [-0.39, 0.29) is 0 Å². The molecule has 0 atom stereocenters. The number of nitrogens with one attached hydrogen (secondary N) is 2. The van der Waals surface area contributed by atoms with E-state index < -0.39 is 0 Å². The molecule has 5 heteroatoms. The van der Waals surface area contributed by atoms with Gasteiger partial charge in [0.25, 0.3) is 0 Å². The summed E-state index contributed by atoms with van der Waals surface area (Å²) in [5.41, 5.74) is 2.32. The molecule has 0 amide bonds. The summed E-state index contributed by atoms with van der Waals surface area (Å²) in [6.45, 7) is 2.66. The Bertz CT molecular complexity index is 495. The molecule has 18 heavy (non-hydrogen) atoms. The fourth-order valence-corrected chi connectivity index (χ4v) is 2.06. The highest BCUT2D eigenvalue weighted by Gasteiger charge is 1.97. The molecule has 0 spiro atoms. The lowest BCUT2D eigenvalue weighted by Crippen LogP contribution is -2.22. The predicted molar refractivity (Wildman–Crippen MR) is 77.5 cm³/mol. The molecule has 2 rings (SSSR count). The average molecular weight is 309 g/mol. The zero-order valence-corrected chi connectivity index (χ0v) is 11.9. The lowest BCUT2D eigenvalue weighted by Gasteiger charge is -2.08. The van der Waals surface area contributed by atoms with Gasteiger partial charge in [-0.05, 0) is 18.2 Å². The minimum Gasteiger partial charge on any atom is -0.384 e. The van der Waals surface area contributed by atoms with E-state index in [2.05, 4.69) is 43.7 Å². The first-order valence-electron chi connectivity index (χ1n) is 5.91. The van der Waals surface area contributed by atoms with Gasteiger partial charge < -0.3 is 15.2 Å². The molecule has 0 unspecified atom stereocenters. The summed E-state index contributed by atoms with van der Waals surface area (Å²) in [6.07, 6.45) is 3.70. The first kappa shape index (κ1) is 13.1. The Morgan fingerprint density at radius 1 is 1.33 bits per heavy atom. The van der Waals surface area contributed by atoms with E-state index in [1.54, 1.807) is 0 Å². The maximum atomic E-state index is 4.08. The van der Waals surface area contributed by atoms with Crippen LogP contribution in [0.4, 0.5) is 5.69 Å². The summed E-state index contributed by atoms with van der Waals surface area (Å²) >= 11 is 3.45. The van der Waals surface area contributed by atoms with Gasteiger partial charge in [-0.2, -0.15) is 0 Å². The zero-order chi connectivity index (χ0) is 12.8. The standard InChI is InChI=1S/C13H17BrN4/c1-18-10-16-9-13(18)8-15-5-6-17-12-4-2-3-11(14)7-12/h2-4,7,9-10,15,17H,5-6,8H2,1H3. The summed E-state index contributed by atoms with van der Waals surface area (Å²) in [4.78, 5) is 4.08. The minimum absolute atomic E-state index is 0.844. The Morgan fingerprint density at radius 2 is 2.22 bits per heavy atom. The van der Waals surface area contributed by atoms with Gasteiger partial charge in [0.05, 0.1) is 12.0 Å². The Kier molecular flexibility index (Phi) is 4.78. The van der Waals surface area contributed by atoms with Gasteiger partial charge in [0.1, 0.15) is 0 Å². The van der Waals surface area contributed by atoms with E-state index in [1.807, 2.05) is 36.3 Å². The molecule has 0 fully saturated rings. The fourth-order valence-electron chi connectivity index (χ4n) is 1.67. The van der Waals surface area contributed by atoms with Crippen LogP contribution in [0.25, 0.3) is 0 Å². The van der Waals surface area contributed by atoms with Gasteiger partial charge in [-0.1, -0.05) is 22.0 Å². The van der Waals surface area contributed by atoms with Crippen LogP contribution in [0, 0.1) is 0 Å². The van der Waals surface area contributed by atoms with Crippen molar-refractivity contribution in [3.8, 4) is 0 Å². The molecule has 0 saturated heterocycles. The quantitative estimate of drug-likeness (QED) is 0.805. The molecular formula is C13H17BrN4. The molecule has 0 aliphatic rings. The van der Waals surface area contributed by atoms with Crippen molar-refractivity contribution >= 4 is 21.6 Å². The number of rotatable bonds is 6. The van der Waals surface area contributed by atoms with Gasteiger partial charge in [-0.3, -0.25) is 0 Å². The molecule has 0 radical (unpaired) electrons. The van der Waals surface area contributed by atoms with Gasteiger partial charge in [0.2, 0.25) is 0 Å². The van der Waals surface area contributed by atoms with Crippen LogP contribution in [0.1, 0.15) is 5.69 Å². The van der Waals surface area contributed by atoms with Gasteiger partial charge in [0, 0.05) is 43.0 Å². The molecule has 2 aromatic rings. The normalized spacial score (nSPS) is 10.6. The monoisotopic (exact) mass is 308 g/mol. The molecule has 1 aromatic heterocycles.